The molecule has 0 radical (unpaired) electrons. The molecule has 0 aliphatic carbocycles. The average Bonchev–Trinajstić information content (AvgIpc) is 2.78. The molecule has 8 heteroatoms. The third kappa shape index (κ3) is 6.02. The van der Waals surface area contributed by atoms with Gasteiger partial charge in [0, 0.05) is 31.5 Å². The monoisotopic (exact) mass is 432 g/mol. The van der Waals surface area contributed by atoms with Crippen LogP contribution in [0.2, 0.25) is 0 Å². The van der Waals surface area contributed by atoms with Crippen molar-refractivity contribution >= 4 is 11.8 Å². The Morgan fingerprint density at radius 2 is 1.84 bits per heavy atom. The topological polar surface area (TPSA) is 106 Å². The lowest BCUT2D eigenvalue weighted by Gasteiger charge is -2.39. The Labute approximate surface area is 184 Å². The number of aromatic nitrogens is 1. The van der Waals surface area contributed by atoms with Gasteiger partial charge in [0.1, 0.15) is 0 Å². The number of nitrogens with one attached hydrogen (secondary N) is 1. The van der Waals surface area contributed by atoms with Crippen molar-refractivity contribution in [1.82, 2.24) is 20.1 Å². The zero-order valence-corrected chi connectivity index (χ0v) is 18.7. The van der Waals surface area contributed by atoms with Gasteiger partial charge in [-0.25, -0.2) is 0 Å². The maximum atomic E-state index is 13.0. The molecule has 1 aromatic rings. The molecule has 1 aromatic heterocycles. The van der Waals surface area contributed by atoms with E-state index in [1.807, 2.05) is 13.0 Å². The molecular formula is C23H36N4O4. The summed E-state index contributed by atoms with van der Waals surface area (Å²) in [5, 5.41) is 23.7. The Morgan fingerprint density at radius 3 is 2.52 bits per heavy atom. The van der Waals surface area contributed by atoms with Crippen LogP contribution in [0.25, 0.3) is 0 Å². The lowest BCUT2D eigenvalue weighted by Crippen LogP contribution is -2.50. The van der Waals surface area contributed by atoms with Gasteiger partial charge < -0.3 is 25.3 Å². The molecule has 0 unspecified atom stereocenters. The Kier molecular flexibility index (Phi) is 8.02. The van der Waals surface area contributed by atoms with Crippen molar-refractivity contribution in [3.8, 4) is 0 Å². The standard InChI is InChI=1S/C23H36N4O4/c1-17-5-6-18(15-24-17)21(30)27-11-4-3-8-23(9-13-26(2)14-10-23)22(31)25-16-20(29)19(28)7-12-27/h5-6,15,19-20,28-29H,3-4,7-14,16H2,1-2H3,(H,25,31)/t19-,20+/m0/s1. The summed E-state index contributed by atoms with van der Waals surface area (Å²) in [5.74, 6) is -0.142. The van der Waals surface area contributed by atoms with E-state index in [-0.39, 0.29) is 24.8 Å². The minimum atomic E-state index is -1.06. The first-order valence-electron chi connectivity index (χ1n) is 11.4. The molecule has 2 saturated heterocycles. The molecule has 1 spiro atoms. The number of β-amino-alcohol motifs (C(OH)–C–C–N with tert-alkyl or cyclic N) is 1. The number of aryl methyl sites for hydroxylation is 1. The van der Waals surface area contributed by atoms with Crippen molar-refractivity contribution in [2.24, 2.45) is 5.41 Å². The van der Waals surface area contributed by atoms with E-state index in [2.05, 4.69) is 22.2 Å². The Balaban J connectivity index is 1.74. The molecule has 3 N–H and O–H groups in total. The molecule has 3 rings (SSSR count). The van der Waals surface area contributed by atoms with Crippen LogP contribution in [-0.4, -0.2) is 88.8 Å². The summed E-state index contributed by atoms with van der Waals surface area (Å²) < 4.78 is 0. The first-order chi connectivity index (χ1) is 14.8. The largest absolute Gasteiger partial charge is 0.390 e. The Hall–Kier alpha value is -2.03. The van der Waals surface area contributed by atoms with Crippen molar-refractivity contribution in [3.63, 3.8) is 0 Å². The average molecular weight is 433 g/mol. The number of pyridine rings is 1. The van der Waals surface area contributed by atoms with Crippen LogP contribution in [-0.2, 0) is 4.79 Å². The second-order valence-electron chi connectivity index (χ2n) is 9.15. The molecule has 31 heavy (non-hydrogen) atoms. The van der Waals surface area contributed by atoms with E-state index < -0.39 is 17.6 Å². The van der Waals surface area contributed by atoms with Crippen LogP contribution >= 0.6 is 0 Å². The van der Waals surface area contributed by atoms with Crippen LogP contribution in [0.1, 0.15) is 54.6 Å². The van der Waals surface area contributed by atoms with Crippen LogP contribution in [0.5, 0.6) is 0 Å². The smallest absolute Gasteiger partial charge is 0.255 e. The lowest BCUT2D eigenvalue weighted by molar-refractivity contribution is -0.135. The SMILES string of the molecule is Cc1ccc(C(=O)N2CCCCC3(CCN(C)CC3)C(=O)NC[C@@H](O)[C@@H](O)CC2)cn1. The molecule has 0 bridgehead atoms. The molecule has 2 aliphatic heterocycles. The minimum Gasteiger partial charge on any atom is -0.390 e. The van der Waals surface area contributed by atoms with Gasteiger partial charge in [-0.1, -0.05) is 6.42 Å². The van der Waals surface area contributed by atoms with Crippen molar-refractivity contribution in [1.29, 1.82) is 0 Å². The molecule has 2 fully saturated rings. The number of carbonyl (C=O) groups excluding carboxylic acids is 2. The molecule has 8 nitrogen and oxygen atoms in total. The predicted molar refractivity (Wildman–Crippen MR) is 118 cm³/mol. The number of likely N-dealkylation sites (tertiary alicyclic amines) is 1. The van der Waals surface area contributed by atoms with Crippen LogP contribution in [0.3, 0.4) is 0 Å². The van der Waals surface area contributed by atoms with Gasteiger partial charge in [-0.2, -0.15) is 0 Å². The molecular weight excluding hydrogens is 396 g/mol. The van der Waals surface area contributed by atoms with E-state index in [4.69, 9.17) is 0 Å². The molecule has 172 valence electrons. The molecule has 3 heterocycles. The van der Waals surface area contributed by atoms with Crippen molar-refractivity contribution in [2.45, 2.75) is 57.7 Å². The van der Waals surface area contributed by atoms with Crippen LogP contribution in [0.15, 0.2) is 18.3 Å². The van der Waals surface area contributed by atoms with E-state index in [1.54, 1.807) is 17.2 Å². The minimum absolute atomic E-state index is 0.0212. The zero-order chi connectivity index (χ0) is 22.4. The fourth-order valence-corrected chi connectivity index (χ4v) is 4.50. The maximum absolute atomic E-state index is 13.0. The third-order valence-corrected chi connectivity index (χ3v) is 6.82. The number of amides is 2. The van der Waals surface area contributed by atoms with Gasteiger partial charge in [0.15, 0.2) is 0 Å². The van der Waals surface area contributed by atoms with Gasteiger partial charge in [0.2, 0.25) is 5.91 Å². The van der Waals surface area contributed by atoms with E-state index in [9.17, 15) is 19.8 Å². The van der Waals surface area contributed by atoms with Crippen LogP contribution in [0.4, 0.5) is 0 Å². The van der Waals surface area contributed by atoms with Crippen molar-refractivity contribution < 1.29 is 19.8 Å². The highest BCUT2D eigenvalue weighted by molar-refractivity contribution is 5.93. The lowest BCUT2D eigenvalue weighted by atomic mass is 9.73. The van der Waals surface area contributed by atoms with Crippen LogP contribution < -0.4 is 5.32 Å². The summed E-state index contributed by atoms with van der Waals surface area (Å²) in [6, 6.07) is 3.58. The van der Waals surface area contributed by atoms with Gasteiger partial charge >= 0.3 is 0 Å². The summed E-state index contributed by atoms with van der Waals surface area (Å²) in [4.78, 5) is 34.3. The van der Waals surface area contributed by atoms with E-state index in [1.165, 1.54) is 0 Å². The second-order valence-corrected chi connectivity index (χ2v) is 9.15. The van der Waals surface area contributed by atoms with Crippen molar-refractivity contribution in [3.05, 3.63) is 29.6 Å². The number of hydrogen-bond acceptors (Lipinski definition) is 6. The second kappa shape index (κ2) is 10.5. The first-order valence-corrected chi connectivity index (χ1v) is 11.4. The quantitative estimate of drug-likeness (QED) is 0.610. The highest BCUT2D eigenvalue weighted by Crippen LogP contribution is 2.37. The van der Waals surface area contributed by atoms with Gasteiger partial charge in [-0.3, -0.25) is 14.6 Å². The van der Waals surface area contributed by atoms with Gasteiger partial charge in [-0.15, -0.1) is 0 Å². The number of carbonyl (C=O) groups is 2. The van der Waals surface area contributed by atoms with Crippen LogP contribution in [0, 0.1) is 12.3 Å². The molecule has 2 aliphatic rings. The fourth-order valence-electron chi connectivity index (χ4n) is 4.50. The highest BCUT2D eigenvalue weighted by atomic mass is 16.3. The first kappa shape index (κ1) is 23.6. The normalized spacial score (nSPS) is 26.5. The van der Waals surface area contributed by atoms with Gasteiger partial charge in [0.25, 0.3) is 5.91 Å². The van der Waals surface area contributed by atoms with Gasteiger partial charge in [0.05, 0.1) is 23.2 Å². The number of nitrogens with zero attached hydrogens (tertiary/aromatic N) is 3. The fraction of sp³-hybridized carbons (Fsp3) is 0.696. The summed E-state index contributed by atoms with van der Waals surface area (Å²) >= 11 is 0. The zero-order valence-electron chi connectivity index (χ0n) is 18.7. The molecule has 2 amide bonds. The number of aliphatic hydroxyl groups excluding tert-OH is 2. The van der Waals surface area contributed by atoms with Gasteiger partial charge in [-0.05, 0) is 71.3 Å². The number of aliphatic hydroxyl groups is 2. The number of hydrogen-bond donors (Lipinski definition) is 3. The summed E-state index contributed by atoms with van der Waals surface area (Å²) in [6.45, 7) is 4.52. The number of piperidine rings is 1. The highest BCUT2D eigenvalue weighted by Gasteiger charge is 2.40. The Morgan fingerprint density at radius 1 is 1.10 bits per heavy atom. The molecule has 0 aromatic carbocycles. The summed E-state index contributed by atoms with van der Waals surface area (Å²) in [7, 11) is 2.06. The summed E-state index contributed by atoms with van der Waals surface area (Å²) in [6.07, 6.45) is 3.72. The molecule has 2 atom stereocenters. The predicted octanol–water partition coefficient (Wildman–Crippen LogP) is 0.956. The number of rotatable bonds is 1. The van der Waals surface area contributed by atoms with E-state index >= 15 is 0 Å². The Bertz CT molecular complexity index is 746. The maximum Gasteiger partial charge on any atom is 0.255 e. The van der Waals surface area contributed by atoms with Crippen molar-refractivity contribution in [2.75, 3.05) is 39.8 Å². The summed E-state index contributed by atoms with van der Waals surface area (Å²) in [5.41, 5.74) is 0.926. The van der Waals surface area contributed by atoms with E-state index in [0.29, 0.717) is 18.7 Å². The van der Waals surface area contributed by atoms with E-state index in [0.717, 1.165) is 50.9 Å². The molecule has 0 saturated carbocycles. The third-order valence-electron chi connectivity index (χ3n) is 6.82.